The summed E-state index contributed by atoms with van der Waals surface area (Å²) >= 11 is 1.72. The maximum atomic E-state index is 14.8. The first-order valence-electron chi connectivity index (χ1n) is 27.6. The lowest BCUT2D eigenvalue weighted by Gasteiger charge is -2.60. The molecule has 76 heavy (non-hydrogen) atoms. The van der Waals surface area contributed by atoms with Crippen molar-refractivity contribution < 1.29 is 23.9 Å². The Bertz CT molecular complexity index is 2830. The zero-order valence-corrected chi connectivity index (χ0v) is 45.9. The number of nitrogens with zero attached hydrogens (tertiary/aromatic N) is 5. The van der Waals surface area contributed by atoms with Gasteiger partial charge < -0.3 is 40.7 Å². The van der Waals surface area contributed by atoms with Gasteiger partial charge >= 0.3 is 0 Å². The zero-order chi connectivity index (χ0) is 53.0. The number of likely N-dealkylation sites (tertiary alicyclic amines) is 3. The van der Waals surface area contributed by atoms with E-state index >= 15 is 0 Å². The van der Waals surface area contributed by atoms with Crippen molar-refractivity contribution in [2.45, 2.75) is 102 Å². The molecule has 0 saturated carbocycles. The van der Waals surface area contributed by atoms with Crippen LogP contribution in [-0.4, -0.2) is 145 Å². The van der Waals surface area contributed by atoms with E-state index in [1.807, 2.05) is 81.4 Å². The highest BCUT2D eigenvalue weighted by Crippen LogP contribution is 2.41. The van der Waals surface area contributed by atoms with E-state index in [0.717, 1.165) is 130 Å². The van der Waals surface area contributed by atoms with Crippen molar-refractivity contribution in [3.05, 3.63) is 141 Å². The molecule has 10 rings (SSSR count). The van der Waals surface area contributed by atoms with Crippen molar-refractivity contribution in [1.29, 1.82) is 0 Å². The monoisotopic (exact) mass is 1050 g/mol. The van der Waals surface area contributed by atoms with Crippen LogP contribution in [0.2, 0.25) is 0 Å². The Kier molecular flexibility index (Phi) is 16.1. The van der Waals surface area contributed by atoms with Crippen LogP contribution in [0, 0.1) is 10.8 Å². The summed E-state index contributed by atoms with van der Waals surface area (Å²) in [6.07, 6.45) is 5.07. The van der Waals surface area contributed by atoms with E-state index in [-0.39, 0.29) is 41.6 Å². The van der Waals surface area contributed by atoms with Crippen molar-refractivity contribution in [2.24, 2.45) is 10.8 Å². The molecule has 4 amide bonds. The van der Waals surface area contributed by atoms with Crippen molar-refractivity contribution in [1.82, 2.24) is 45.9 Å². The molecule has 5 heterocycles. The number of rotatable bonds is 18. The van der Waals surface area contributed by atoms with E-state index in [0.29, 0.717) is 30.6 Å². The van der Waals surface area contributed by atoms with E-state index in [2.05, 4.69) is 83.8 Å². The molecule has 5 aliphatic rings. The summed E-state index contributed by atoms with van der Waals surface area (Å²) in [7, 11) is 1.72. The number of carbonyl (C=O) groups is 4. The van der Waals surface area contributed by atoms with Crippen LogP contribution in [0.1, 0.15) is 97.0 Å². The van der Waals surface area contributed by atoms with Gasteiger partial charge in [-0.3, -0.25) is 24.1 Å². The third-order valence-electron chi connectivity index (χ3n) is 16.9. The summed E-state index contributed by atoms with van der Waals surface area (Å²) in [5.41, 5.74) is 6.69. The van der Waals surface area contributed by atoms with Gasteiger partial charge in [0.15, 0.2) is 0 Å². The van der Waals surface area contributed by atoms with Crippen molar-refractivity contribution in [2.75, 3.05) is 79.1 Å². The minimum atomic E-state index is -0.848. The molecule has 3 saturated heterocycles. The van der Waals surface area contributed by atoms with Crippen LogP contribution >= 0.6 is 11.3 Å². The predicted octanol–water partition coefficient (Wildman–Crippen LogP) is 6.86. The third kappa shape index (κ3) is 11.9. The number of nitrogens with one attached hydrogen (secondary N) is 4. The number of carbonyl (C=O) groups excluding carboxylic acids is 4. The first kappa shape index (κ1) is 53.4. The molecule has 5 aromatic rings. The zero-order valence-electron chi connectivity index (χ0n) is 45.1. The van der Waals surface area contributed by atoms with Crippen LogP contribution in [0.3, 0.4) is 0 Å². The molecule has 4 aromatic carbocycles. The molecular formula is C61H77N9O5S. The number of ether oxygens (including phenoxy) is 1. The minimum absolute atomic E-state index is 0.0395. The molecule has 1 aliphatic carbocycles. The first-order valence-corrected chi connectivity index (χ1v) is 28.5. The second kappa shape index (κ2) is 22.9. The highest BCUT2D eigenvalue weighted by molar-refractivity contribution is 7.10. The molecule has 1 aromatic heterocycles. The van der Waals surface area contributed by atoms with Gasteiger partial charge in [0.25, 0.3) is 5.91 Å². The van der Waals surface area contributed by atoms with Crippen LogP contribution < -0.4 is 26.0 Å². The molecule has 0 bridgehead atoms. The van der Waals surface area contributed by atoms with E-state index in [4.69, 9.17) is 9.72 Å². The highest BCUT2D eigenvalue weighted by Gasteiger charge is 2.51. The molecular weight excluding hydrogens is 971 g/mol. The van der Waals surface area contributed by atoms with Gasteiger partial charge in [0, 0.05) is 92.7 Å². The van der Waals surface area contributed by atoms with Gasteiger partial charge in [-0.05, 0) is 111 Å². The molecule has 0 unspecified atom stereocenters. The summed E-state index contributed by atoms with van der Waals surface area (Å²) in [4.78, 5) is 70.3. The van der Waals surface area contributed by atoms with Crippen LogP contribution in [0.15, 0.2) is 109 Å². The SMILES string of the molecule is CN[C@@H](C)C(=O)N[C@H](C(=O)N1Cc2cc(OCCN3CC4(C3)CN(CCN3CCC(CNC(=O)c5ccccc5)(c5nc(-c6ccccc6)cs5)CC3)C4)ccc2C[C@H]1C(=O)N[C@@H]1CCCc2ccccc21)C(C)(C)C. The highest BCUT2D eigenvalue weighted by atomic mass is 32.1. The maximum absolute atomic E-state index is 14.8. The number of aromatic nitrogens is 1. The summed E-state index contributed by atoms with van der Waals surface area (Å²) < 4.78 is 6.41. The number of hydrogen-bond donors (Lipinski definition) is 4. The molecule has 4 N–H and O–H groups in total. The molecule has 3 fully saturated rings. The van der Waals surface area contributed by atoms with Gasteiger partial charge in [-0.1, -0.05) is 99.6 Å². The quantitative estimate of drug-likeness (QED) is 0.0734. The largest absolute Gasteiger partial charge is 0.492 e. The van der Waals surface area contributed by atoms with E-state index in [1.54, 1.807) is 30.2 Å². The number of benzene rings is 4. The lowest BCUT2D eigenvalue weighted by Crippen LogP contribution is -2.72. The van der Waals surface area contributed by atoms with Gasteiger partial charge in [-0.25, -0.2) is 4.98 Å². The average molecular weight is 1050 g/mol. The molecule has 4 atom stereocenters. The molecule has 402 valence electrons. The smallest absolute Gasteiger partial charge is 0.251 e. The fourth-order valence-electron chi connectivity index (χ4n) is 12.3. The number of piperidine rings is 1. The lowest BCUT2D eigenvalue weighted by atomic mass is 9.73. The van der Waals surface area contributed by atoms with Crippen molar-refractivity contribution in [3.8, 4) is 17.0 Å². The normalized spacial score (nSPS) is 21.0. The number of aryl methyl sites for hydroxylation is 1. The number of amides is 4. The molecule has 1 spiro atoms. The molecule has 15 heteroatoms. The van der Waals surface area contributed by atoms with Gasteiger partial charge in [0.05, 0.1) is 17.8 Å². The summed E-state index contributed by atoms with van der Waals surface area (Å²) in [6, 6.07) is 32.0. The predicted molar refractivity (Wildman–Crippen MR) is 299 cm³/mol. The number of hydrogen-bond acceptors (Lipinski definition) is 11. The van der Waals surface area contributed by atoms with Crippen LogP contribution in [-0.2, 0) is 39.2 Å². The topological polar surface area (TPSA) is 151 Å². The average Bonchev–Trinajstić information content (AvgIpc) is 3.98. The van der Waals surface area contributed by atoms with Gasteiger partial charge in [0.1, 0.15) is 29.4 Å². The number of fused-ring (bicyclic) bond motifs is 2. The summed E-state index contributed by atoms with van der Waals surface area (Å²) in [5, 5.41) is 15.9. The second-order valence-corrected chi connectivity index (χ2v) is 24.3. The van der Waals surface area contributed by atoms with E-state index < -0.39 is 23.5 Å². The van der Waals surface area contributed by atoms with Crippen LogP contribution in [0.4, 0.5) is 0 Å². The van der Waals surface area contributed by atoms with Gasteiger partial charge in [-0.15, -0.1) is 11.3 Å². The molecule has 14 nitrogen and oxygen atoms in total. The number of likely N-dealkylation sites (N-methyl/N-ethyl adjacent to an activating group) is 1. The fraction of sp³-hybridized carbons (Fsp3) is 0.492. The van der Waals surface area contributed by atoms with Crippen molar-refractivity contribution in [3.63, 3.8) is 0 Å². The standard InChI is InChI=1S/C61H77N9O5S/c1-42(62-5)54(71)66-53(59(2,3)4)57(74)70-35-47-33-48(24-23-46(47)34-52(70)56(73)64-50-22-14-20-43-15-12-13-21-49(43)50)75-32-31-69-40-60(41-69)38-68(39-60)30-29-67-27-25-61(26-28-67,37-63-55(72)45-18-10-7-11-19-45)58-65-51(36-76-58)44-16-8-6-9-17-44/h6-13,15-19,21,23-24,33,36,42,50,52-53,62H,14,20,22,25-32,34-35,37-41H2,1-5H3,(H,63,72)(H,64,73)(H,66,71)/t42-,50+,52-,53+/m0/s1. The Morgan fingerprint density at radius 3 is 2.22 bits per heavy atom. The first-order chi connectivity index (χ1) is 36.7. The third-order valence-corrected chi connectivity index (χ3v) is 18.0. The van der Waals surface area contributed by atoms with E-state index in [9.17, 15) is 19.2 Å². The van der Waals surface area contributed by atoms with Crippen LogP contribution in [0.25, 0.3) is 11.3 Å². The Balaban J connectivity index is 0.707. The Hall–Kier alpha value is -5.97. The van der Waals surface area contributed by atoms with Gasteiger partial charge in [0.2, 0.25) is 17.7 Å². The lowest BCUT2D eigenvalue weighted by molar-refractivity contribution is -0.147. The maximum Gasteiger partial charge on any atom is 0.251 e. The Labute approximate surface area is 453 Å². The second-order valence-electron chi connectivity index (χ2n) is 23.4. The number of thiazole rings is 1. The minimum Gasteiger partial charge on any atom is -0.492 e. The summed E-state index contributed by atoms with van der Waals surface area (Å²) in [5.74, 6) is -0.00524. The Morgan fingerprint density at radius 2 is 1.50 bits per heavy atom. The van der Waals surface area contributed by atoms with Gasteiger partial charge in [-0.2, -0.15) is 0 Å². The Morgan fingerprint density at radius 1 is 0.816 bits per heavy atom. The fourth-order valence-corrected chi connectivity index (χ4v) is 13.4. The van der Waals surface area contributed by atoms with E-state index in [1.165, 1.54) is 5.56 Å². The van der Waals surface area contributed by atoms with Crippen molar-refractivity contribution >= 4 is 35.0 Å². The summed E-state index contributed by atoms with van der Waals surface area (Å²) in [6.45, 7) is 18.2. The molecule has 4 aliphatic heterocycles. The van der Waals surface area contributed by atoms with Crippen LogP contribution in [0.5, 0.6) is 5.75 Å². The molecule has 0 radical (unpaired) electrons.